The predicted molar refractivity (Wildman–Crippen MR) is 70.5 cm³/mol. The van der Waals surface area contributed by atoms with Crippen LogP contribution in [0.1, 0.15) is 16.1 Å². The standard InChI is InChI=1S/C12H12BrN3O2/c1-18-11-3-2-8(5-15-11)6-16-12(17)10-4-9(13)7-14-10/h2-5,7,14H,6H2,1H3,(H,16,17). The molecule has 0 unspecified atom stereocenters. The summed E-state index contributed by atoms with van der Waals surface area (Å²) in [4.78, 5) is 18.7. The van der Waals surface area contributed by atoms with Crippen molar-refractivity contribution in [3.8, 4) is 5.88 Å². The number of aromatic nitrogens is 2. The first kappa shape index (κ1) is 12.6. The second-order valence-electron chi connectivity index (χ2n) is 3.62. The van der Waals surface area contributed by atoms with Gasteiger partial charge in [0.15, 0.2) is 0 Å². The minimum atomic E-state index is -0.156. The monoisotopic (exact) mass is 309 g/mol. The average molecular weight is 310 g/mol. The third-order valence-electron chi connectivity index (χ3n) is 2.35. The number of carbonyl (C=O) groups excluding carboxylic acids is 1. The van der Waals surface area contributed by atoms with Crippen molar-refractivity contribution >= 4 is 21.8 Å². The van der Waals surface area contributed by atoms with E-state index >= 15 is 0 Å². The smallest absolute Gasteiger partial charge is 0.268 e. The highest BCUT2D eigenvalue weighted by atomic mass is 79.9. The first-order valence-corrected chi connectivity index (χ1v) is 6.09. The minimum Gasteiger partial charge on any atom is -0.481 e. The highest BCUT2D eigenvalue weighted by Crippen LogP contribution is 2.11. The molecule has 0 aliphatic carbocycles. The maximum Gasteiger partial charge on any atom is 0.268 e. The fourth-order valence-electron chi connectivity index (χ4n) is 1.41. The highest BCUT2D eigenvalue weighted by Gasteiger charge is 2.07. The van der Waals surface area contributed by atoms with Crippen LogP contribution in [0.2, 0.25) is 0 Å². The summed E-state index contributed by atoms with van der Waals surface area (Å²) in [7, 11) is 1.56. The number of aromatic amines is 1. The second kappa shape index (κ2) is 5.68. The van der Waals surface area contributed by atoms with E-state index in [0.29, 0.717) is 18.1 Å². The van der Waals surface area contributed by atoms with E-state index in [1.807, 2.05) is 6.07 Å². The second-order valence-corrected chi connectivity index (χ2v) is 4.54. The molecule has 2 heterocycles. The van der Waals surface area contributed by atoms with Gasteiger partial charge in [0.05, 0.1) is 7.11 Å². The lowest BCUT2D eigenvalue weighted by atomic mass is 10.3. The topological polar surface area (TPSA) is 67.0 Å². The molecule has 2 N–H and O–H groups in total. The Bertz CT molecular complexity index is 537. The SMILES string of the molecule is COc1ccc(CNC(=O)c2cc(Br)c[nH]2)cn1. The number of amides is 1. The third kappa shape index (κ3) is 3.10. The van der Waals surface area contributed by atoms with Crippen molar-refractivity contribution in [3.63, 3.8) is 0 Å². The zero-order valence-electron chi connectivity index (χ0n) is 9.74. The summed E-state index contributed by atoms with van der Waals surface area (Å²) in [6, 6.07) is 5.34. The summed E-state index contributed by atoms with van der Waals surface area (Å²) in [6.07, 6.45) is 3.38. The molecule has 18 heavy (non-hydrogen) atoms. The molecule has 1 amide bonds. The Hall–Kier alpha value is -1.82. The van der Waals surface area contributed by atoms with E-state index in [1.165, 1.54) is 0 Å². The number of methoxy groups -OCH3 is 1. The van der Waals surface area contributed by atoms with Gasteiger partial charge in [0.2, 0.25) is 5.88 Å². The number of nitrogens with one attached hydrogen (secondary N) is 2. The Morgan fingerprint density at radius 2 is 2.39 bits per heavy atom. The fraction of sp³-hybridized carbons (Fsp3) is 0.167. The van der Waals surface area contributed by atoms with E-state index in [0.717, 1.165) is 10.0 Å². The van der Waals surface area contributed by atoms with Gasteiger partial charge in [-0.25, -0.2) is 4.98 Å². The zero-order chi connectivity index (χ0) is 13.0. The Morgan fingerprint density at radius 1 is 1.56 bits per heavy atom. The van der Waals surface area contributed by atoms with Gasteiger partial charge in [-0.2, -0.15) is 0 Å². The molecule has 2 aromatic heterocycles. The van der Waals surface area contributed by atoms with Crippen molar-refractivity contribution in [1.29, 1.82) is 0 Å². The van der Waals surface area contributed by atoms with E-state index in [2.05, 4.69) is 31.2 Å². The van der Waals surface area contributed by atoms with Crippen LogP contribution in [-0.4, -0.2) is 23.0 Å². The van der Waals surface area contributed by atoms with Gasteiger partial charge in [0, 0.05) is 29.5 Å². The van der Waals surface area contributed by atoms with Crippen molar-refractivity contribution in [2.75, 3.05) is 7.11 Å². The van der Waals surface area contributed by atoms with E-state index in [4.69, 9.17) is 4.74 Å². The van der Waals surface area contributed by atoms with Gasteiger partial charge in [-0.15, -0.1) is 0 Å². The number of carbonyl (C=O) groups is 1. The first-order valence-electron chi connectivity index (χ1n) is 5.30. The van der Waals surface area contributed by atoms with Crippen LogP contribution >= 0.6 is 15.9 Å². The third-order valence-corrected chi connectivity index (χ3v) is 2.81. The largest absolute Gasteiger partial charge is 0.481 e. The van der Waals surface area contributed by atoms with Crippen LogP contribution in [0.3, 0.4) is 0 Å². The molecule has 0 bridgehead atoms. The molecule has 2 rings (SSSR count). The Kier molecular flexibility index (Phi) is 3.99. The van der Waals surface area contributed by atoms with Gasteiger partial charge in [-0.1, -0.05) is 6.07 Å². The van der Waals surface area contributed by atoms with Crippen LogP contribution in [0, 0.1) is 0 Å². The Balaban J connectivity index is 1.92. The maximum absolute atomic E-state index is 11.7. The molecule has 0 spiro atoms. The summed E-state index contributed by atoms with van der Waals surface area (Å²) in [5.74, 6) is 0.398. The molecule has 0 aliphatic rings. The average Bonchev–Trinajstić information content (AvgIpc) is 2.83. The van der Waals surface area contributed by atoms with Crippen molar-refractivity contribution in [1.82, 2.24) is 15.3 Å². The molecule has 0 saturated carbocycles. The van der Waals surface area contributed by atoms with Crippen LogP contribution in [0.25, 0.3) is 0 Å². The number of rotatable bonds is 4. The molecular formula is C12H12BrN3O2. The minimum absolute atomic E-state index is 0.156. The van der Waals surface area contributed by atoms with Gasteiger partial charge in [0.1, 0.15) is 5.69 Å². The van der Waals surface area contributed by atoms with Crippen LogP contribution in [0.4, 0.5) is 0 Å². The maximum atomic E-state index is 11.7. The molecule has 0 atom stereocenters. The fourth-order valence-corrected chi connectivity index (χ4v) is 1.76. The number of H-pyrrole nitrogens is 1. The highest BCUT2D eigenvalue weighted by molar-refractivity contribution is 9.10. The predicted octanol–water partition coefficient (Wildman–Crippen LogP) is 2.11. The lowest BCUT2D eigenvalue weighted by Gasteiger charge is -2.04. The van der Waals surface area contributed by atoms with Gasteiger partial charge in [-0.05, 0) is 27.6 Å². The van der Waals surface area contributed by atoms with Crippen molar-refractivity contribution < 1.29 is 9.53 Å². The first-order chi connectivity index (χ1) is 8.69. The van der Waals surface area contributed by atoms with E-state index in [1.54, 1.807) is 31.6 Å². The van der Waals surface area contributed by atoms with E-state index in [9.17, 15) is 4.79 Å². The number of ether oxygens (including phenoxy) is 1. The van der Waals surface area contributed by atoms with Gasteiger partial charge in [-0.3, -0.25) is 4.79 Å². The van der Waals surface area contributed by atoms with Gasteiger partial charge < -0.3 is 15.0 Å². The van der Waals surface area contributed by atoms with Crippen molar-refractivity contribution in [2.45, 2.75) is 6.54 Å². The molecule has 5 nitrogen and oxygen atoms in total. The molecule has 94 valence electrons. The van der Waals surface area contributed by atoms with E-state index < -0.39 is 0 Å². The molecule has 0 fully saturated rings. The lowest BCUT2D eigenvalue weighted by molar-refractivity contribution is 0.0946. The zero-order valence-corrected chi connectivity index (χ0v) is 11.3. The van der Waals surface area contributed by atoms with Crippen LogP contribution in [-0.2, 0) is 6.54 Å². The Morgan fingerprint density at radius 3 is 2.94 bits per heavy atom. The number of hydrogen-bond acceptors (Lipinski definition) is 3. The van der Waals surface area contributed by atoms with Crippen LogP contribution in [0.15, 0.2) is 35.1 Å². The summed E-state index contributed by atoms with van der Waals surface area (Å²) < 4.78 is 5.80. The molecule has 0 radical (unpaired) electrons. The van der Waals surface area contributed by atoms with Crippen molar-refractivity contribution in [3.05, 3.63) is 46.3 Å². The number of pyridine rings is 1. The number of hydrogen-bond donors (Lipinski definition) is 2. The van der Waals surface area contributed by atoms with E-state index in [-0.39, 0.29) is 5.91 Å². The lowest BCUT2D eigenvalue weighted by Crippen LogP contribution is -2.23. The van der Waals surface area contributed by atoms with Gasteiger partial charge in [0.25, 0.3) is 5.91 Å². The number of halogens is 1. The molecule has 2 aromatic rings. The van der Waals surface area contributed by atoms with Crippen LogP contribution in [0.5, 0.6) is 5.88 Å². The Labute approximate surface area is 113 Å². The molecule has 6 heteroatoms. The van der Waals surface area contributed by atoms with Crippen LogP contribution < -0.4 is 10.1 Å². The quantitative estimate of drug-likeness (QED) is 0.909. The molecular weight excluding hydrogens is 298 g/mol. The molecule has 0 saturated heterocycles. The summed E-state index contributed by atoms with van der Waals surface area (Å²) in [5, 5.41) is 2.79. The molecule has 0 aliphatic heterocycles. The normalized spacial score (nSPS) is 10.1. The summed E-state index contributed by atoms with van der Waals surface area (Å²) in [5.41, 5.74) is 1.43. The van der Waals surface area contributed by atoms with Gasteiger partial charge >= 0.3 is 0 Å². The number of nitrogens with zero attached hydrogens (tertiary/aromatic N) is 1. The molecule has 0 aromatic carbocycles. The van der Waals surface area contributed by atoms with Crippen molar-refractivity contribution in [2.24, 2.45) is 0 Å². The summed E-state index contributed by atoms with van der Waals surface area (Å²) >= 11 is 3.28. The summed E-state index contributed by atoms with van der Waals surface area (Å²) in [6.45, 7) is 0.423.